The maximum absolute atomic E-state index is 12.4. The predicted molar refractivity (Wildman–Crippen MR) is 167 cm³/mol. The van der Waals surface area contributed by atoms with Crippen molar-refractivity contribution in [2.24, 2.45) is 5.92 Å². The second kappa shape index (κ2) is 15.1. The van der Waals surface area contributed by atoms with Crippen LogP contribution in [0.2, 0.25) is 0 Å². The molecule has 0 bridgehead atoms. The Bertz CT molecular complexity index is 1440. The van der Waals surface area contributed by atoms with Crippen LogP contribution in [0.4, 0.5) is 4.79 Å². The average Bonchev–Trinajstić information content (AvgIpc) is 3.49. The van der Waals surface area contributed by atoms with Crippen LogP contribution in [0.25, 0.3) is 16.7 Å². The van der Waals surface area contributed by atoms with E-state index in [0.717, 1.165) is 22.3 Å². The monoisotopic (exact) mass is 589 g/mol. The first kappa shape index (κ1) is 33.0. The summed E-state index contributed by atoms with van der Waals surface area (Å²) in [5, 5.41) is 13.8. The number of amides is 1. The summed E-state index contributed by atoms with van der Waals surface area (Å²) >= 11 is 0. The molecule has 0 atom stereocenters. The standard InChI is InChI=1S/C35H43NO7/c1-8-30(37)29(26-12-10-11-24(17-26)21-36-34(39)43-35(5,6)7)20-31(23(3)4)42-32-18-25(28-15-16-40-22-28)13-14-27(32)19-33(38)41-9-2/h10-18,20,22-23,37H,8-9,19,21H2,1-7H3,(H,36,39)/b30-29-,31-20+. The summed E-state index contributed by atoms with van der Waals surface area (Å²) < 4.78 is 22.3. The van der Waals surface area contributed by atoms with Gasteiger partial charge in [-0.1, -0.05) is 51.1 Å². The van der Waals surface area contributed by atoms with Gasteiger partial charge in [0.05, 0.1) is 31.3 Å². The van der Waals surface area contributed by atoms with Crippen molar-refractivity contribution < 1.29 is 33.3 Å². The number of allylic oxidation sites excluding steroid dienone is 4. The minimum Gasteiger partial charge on any atom is -0.512 e. The van der Waals surface area contributed by atoms with Gasteiger partial charge in [-0.3, -0.25) is 4.79 Å². The summed E-state index contributed by atoms with van der Waals surface area (Å²) in [4.78, 5) is 24.6. The molecule has 1 aromatic heterocycles. The predicted octanol–water partition coefficient (Wildman–Crippen LogP) is 8.37. The van der Waals surface area contributed by atoms with E-state index >= 15 is 0 Å². The molecule has 3 rings (SSSR count). The van der Waals surface area contributed by atoms with Crippen LogP contribution in [0, 0.1) is 5.92 Å². The number of aliphatic hydroxyl groups is 1. The first-order valence-electron chi connectivity index (χ1n) is 14.6. The van der Waals surface area contributed by atoms with Crippen molar-refractivity contribution in [2.75, 3.05) is 6.61 Å². The fraction of sp³-hybridized carbons (Fsp3) is 0.371. The average molecular weight is 590 g/mol. The largest absolute Gasteiger partial charge is 0.512 e. The van der Waals surface area contributed by atoms with Gasteiger partial charge in [0.15, 0.2) is 0 Å². The van der Waals surface area contributed by atoms with Gasteiger partial charge in [0.2, 0.25) is 0 Å². The second-order valence-corrected chi connectivity index (χ2v) is 11.4. The Balaban J connectivity index is 1.98. The highest BCUT2D eigenvalue weighted by Gasteiger charge is 2.18. The van der Waals surface area contributed by atoms with Crippen LogP contribution < -0.4 is 10.1 Å². The molecule has 0 aliphatic carbocycles. The summed E-state index contributed by atoms with van der Waals surface area (Å²) in [5.41, 5.74) is 4.04. The maximum Gasteiger partial charge on any atom is 0.407 e. The van der Waals surface area contributed by atoms with Crippen LogP contribution in [0.3, 0.4) is 0 Å². The quantitative estimate of drug-likeness (QED) is 0.124. The number of ether oxygens (including phenoxy) is 3. The topological polar surface area (TPSA) is 107 Å². The third-order valence-corrected chi connectivity index (χ3v) is 6.36. The fourth-order valence-corrected chi connectivity index (χ4v) is 4.22. The van der Waals surface area contributed by atoms with Crippen molar-refractivity contribution in [3.8, 4) is 16.9 Å². The molecule has 1 amide bonds. The Morgan fingerprint density at radius 3 is 2.44 bits per heavy atom. The number of carbonyl (C=O) groups is 2. The molecule has 0 radical (unpaired) electrons. The van der Waals surface area contributed by atoms with Gasteiger partial charge < -0.3 is 29.1 Å². The zero-order valence-corrected chi connectivity index (χ0v) is 26.2. The number of benzene rings is 2. The number of carbonyl (C=O) groups excluding carboxylic acids is 2. The number of rotatable bonds is 12. The molecule has 8 nitrogen and oxygen atoms in total. The number of aliphatic hydroxyl groups excluding tert-OH is 1. The van der Waals surface area contributed by atoms with Crippen molar-refractivity contribution in [1.29, 1.82) is 0 Å². The molecule has 0 fully saturated rings. The summed E-state index contributed by atoms with van der Waals surface area (Å²) in [7, 11) is 0. The van der Waals surface area contributed by atoms with Crippen molar-refractivity contribution in [2.45, 2.75) is 73.5 Å². The first-order valence-corrected chi connectivity index (χ1v) is 14.6. The Morgan fingerprint density at radius 1 is 1.05 bits per heavy atom. The van der Waals surface area contributed by atoms with Gasteiger partial charge >= 0.3 is 12.1 Å². The molecule has 0 saturated heterocycles. The molecule has 43 heavy (non-hydrogen) atoms. The van der Waals surface area contributed by atoms with E-state index in [1.54, 1.807) is 19.5 Å². The lowest BCUT2D eigenvalue weighted by Crippen LogP contribution is -2.32. The molecular formula is C35H43NO7. The highest BCUT2D eigenvalue weighted by Crippen LogP contribution is 2.33. The van der Waals surface area contributed by atoms with E-state index in [0.29, 0.717) is 29.1 Å². The van der Waals surface area contributed by atoms with Crippen molar-refractivity contribution >= 4 is 17.6 Å². The van der Waals surface area contributed by atoms with Gasteiger partial charge in [-0.05, 0) is 68.7 Å². The van der Waals surface area contributed by atoms with Crippen LogP contribution >= 0.6 is 0 Å². The number of hydrogen-bond donors (Lipinski definition) is 2. The van der Waals surface area contributed by atoms with Crippen LogP contribution in [0.15, 0.2) is 83.1 Å². The van der Waals surface area contributed by atoms with Crippen LogP contribution in [-0.2, 0) is 27.2 Å². The summed E-state index contributed by atoms with van der Waals surface area (Å²) in [6, 6.07) is 15.1. The number of nitrogens with one attached hydrogen (secondary N) is 1. The second-order valence-electron chi connectivity index (χ2n) is 11.4. The molecule has 0 spiro atoms. The number of alkyl carbamates (subject to hydrolysis) is 1. The molecule has 0 unspecified atom stereocenters. The number of hydrogen-bond acceptors (Lipinski definition) is 7. The molecule has 0 saturated carbocycles. The minimum atomic E-state index is -0.596. The van der Waals surface area contributed by atoms with E-state index in [1.807, 2.05) is 96.1 Å². The molecule has 3 aromatic rings. The van der Waals surface area contributed by atoms with Crippen molar-refractivity contribution in [3.63, 3.8) is 0 Å². The normalized spacial score (nSPS) is 12.5. The molecule has 8 heteroatoms. The van der Waals surface area contributed by atoms with Gasteiger partial charge in [0.1, 0.15) is 17.1 Å². The summed E-state index contributed by atoms with van der Waals surface area (Å²) in [6.45, 7) is 13.6. The molecule has 1 heterocycles. The van der Waals surface area contributed by atoms with Gasteiger partial charge in [-0.15, -0.1) is 0 Å². The Labute approximate surface area is 254 Å². The molecule has 0 aliphatic heterocycles. The minimum absolute atomic E-state index is 0.0514. The van der Waals surface area contributed by atoms with Gasteiger partial charge in [-0.2, -0.15) is 0 Å². The fourth-order valence-electron chi connectivity index (χ4n) is 4.22. The molecule has 230 valence electrons. The van der Waals surface area contributed by atoms with E-state index in [1.165, 1.54) is 0 Å². The Kier molecular flexibility index (Phi) is 11.6. The van der Waals surface area contributed by atoms with Crippen molar-refractivity contribution in [3.05, 3.63) is 95.3 Å². The number of esters is 1. The molecular weight excluding hydrogens is 546 g/mol. The smallest absolute Gasteiger partial charge is 0.407 e. The van der Waals surface area contributed by atoms with Gasteiger partial charge in [-0.25, -0.2) is 4.79 Å². The van der Waals surface area contributed by atoms with Crippen molar-refractivity contribution in [1.82, 2.24) is 5.32 Å². The summed E-state index contributed by atoms with van der Waals surface area (Å²) in [5.74, 6) is 0.890. The van der Waals surface area contributed by atoms with Crippen LogP contribution in [0.5, 0.6) is 5.75 Å². The number of furan rings is 1. The van der Waals surface area contributed by atoms with Crippen LogP contribution in [0.1, 0.15) is 71.6 Å². The zero-order valence-electron chi connectivity index (χ0n) is 26.2. The van der Waals surface area contributed by atoms with E-state index in [9.17, 15) is 14.7 Å². The lowest BCUT2D eigenvalue weighted by Gasteiger charge is -2.20. The van der Waals surface area contributed by atoms with E-state index in [2.05, 4.69) is 5.32 Å². The van der Waals surface area contributed by atoms with Gasteiger partial charge in [0, 0.05) is 35.6 Å². The van der Waals surface area contributed by atoms with E-state index in [-0.39, 0.29) is 37.2 Å². The SMILES string of the molecule is CCOC(=O)Cc1ccc(-c2ccoc2)cc1O/C(=C/C(=C(/O)CC)c1cccc(CNC(=O)OC(C)(C)C)c1)C(C)C. The molecule has 0 aliphatic rings. The Morgan fingerprint density at radius 2 is 1.81 bits per heavy atom. The lowest BCUT2D eigenvalue weighted by atomic mass is 9.98. The Hall–Kier alpha value is -4.46. The highest BCUT2D eigenvalue weighted by atomic mass is 16.6. The maximum atomic E-state index is 12.4. The lowest BCUT2D eigenvalue weighted by molar-refractivity contribution is -0.142. The molecule has 2 N–H and O–H groups in total. The summed E-state index contributed by atoms with van der Waals surface area (Å²) in [6.07, 6.45) is 5.04. The first-order chi connectivity index (χ1) is 20.4. The van der Waals surface area contributed by atoms with E-state index in [4.69, 9.17) is 18.6 Å². The van der Waals surface area contributed by atoms with Gasteiger partial charge in [0.25, 0.3) is 0 Å². The third-order valence-electron chi connectivity index (χ3n) is 6.36. The molecule has 2 aromatic carbocycles. The third kappa shape index (κ3) is 10.1. The zero-order chi connectivity index (χ0) is 31.6. The van der Waals surface area contributed by atoms with E-state index < -0.39 is 11.7 Å². The van der Waals surface area contributed by atoms with Crippen LogP contribution in [-0.4, -0.2) is 29.4 Å². The highest BCUT2D eigenvalue weighted by molar-refractivity contribution is 5.77.